The molecule has 0 spiro atoms. The SMILES string of the molecule is Cc1ccccc1-c1cc(-c2cc(-c3ccc4c(c3)c3ccccc3n4-c3ccccc3)cc(-n3c4ccccc4c4cc5c(cc43)C(C)(C)c3ccccc3-5)c2)ccc1Cc1ccccc1. The number of para-hydroxylation sites is 3. The molecule has 0 bridgehead atoms. The van der Waals surface area contributed by atoms with E-state index in [4.69, 9.17) is 0 Å². The van der Waals surface area contributed by atoms with E-state index in [1.165, 1.54) is 116 Å². The molecular formula is C65H48N2. The molecule has 2 aromatic heterocycles. The molecule has 1 aliphatic carbocycles. The molecule has 0 aliphatic heterocycles. The highest BCUT2D eigenvalue weighted by Crippen LogP contribution is 2.51. The average molecular weight is 857 g/mol. The van der Waals surface area contributed by atoms with Gasteiger partial charge < -0.3 is 9.13 Å². The van der Waals surface area contributed by atoms with Crippen molar-refractivity contribution in [1.29, 1.82) is 0 Å². The predicted octanol–water partition coefficient (Wildman–Crippen LogP) is 17.1. The lowest BCUT2D eigenvalue weighted by atomic mass is 9.82. The summed E-state index contributed by atoms with van der Waals surface area (Å²) in [5.41, 5.74) is 23.6. The molecule has 0 amide bonds. The van der Waals surface area contributed by atoms with Gasteiger partial charge >= 0.3 is 0 Å². The third-order valence-corrected chi connectivity index (χ3v) is 14.7. The van der Waals surface area contributed by atoms with Crippen LogP contribution in [0.5, 0.6) is 0 Å². The molecule has 2 nitrogen and oxygen atoms in total. The van der Waals surface area contributed by atoms with Gasteiger partial charge in [-0.25, -0.2) is 0 Å². The maximum absolute atomic E-state index is 2.53. The fourth-order valence-corrected chi connectivity index (χ4v) is 11.4. The minimum atomic E-state index is -0.129. The summed E-state index contributed by atoms with van der Waals surface area (Å²) >= 11 is 0. The van der Waals surface area contributed by atoms with Gasteiger partial charge in [-0.05, 0) is 158 Å². The fourth-order valence-electron chi connectivity index (χ4n) is 11.4. The second-order valence-corrected chi connectivity index (χ2v) is 19.0. The van der Waals surface area contributed by atoms with Crippen LogP contribution in [0.1, 0.15) is 41.7 Å². The van der Waals surface area contributed by atoms with Gasteiger partial charge in [-0.1, -0.05) is 166 Å². The lowest BCUT2D eigenvalue weighted by Gasteiger charge is -2.22. The Labute approximate surface area is 391 Å². The number of benzene rings is 10. The van der Waals surface area contributed by atoms with Crippen LogP contribution >= 0.6 is 0 Å². The quantitative estimate of drug-likeness (QED) is 0.151. The molecular weight excluding hydrogens is 809 g/mol. The number of aryl methyl sites for hydroxylation is 1. The predicted molar refractivity (Wildman–Crippen MR) is 283 cm³/mol. The van der Waals surface area contributed by atoms with Gasteiger partial charge in [-0.15, -0.1) is 0 Å². The molecule has 0 unspecified atom stereocenters. The number of hydrogen-bond donors (Lipinski definition) is 0. The number of fused-ring (bicyclic) bond motifs is 9. The standard InChI is InChI=1S/C65H48N2/c1-42-18-10-11-23-51(42)55-38-44(30-31-46(55)34-43-19-6-4-7-20-43)47-35-48(45-32-33-63-57(39-45)53-25-13-16-28-61(53)66(63)49-21-8-5-9-22-49)37-50(36-47)67-62-29-17-14-26-54(62)58-40-56-52-24-12-15-27-59(52)65(2,3)60(56)41-64(58)67/h4-33,35-41H,34H2,1-3H3. The topological polar surface area (TPSA) is 9.86 Å². The second-order valence-electron chi connectivity index (χ2n) is 19.0. The van der Waals surface area contributed by atoms with Crippen molar-refractivity contribution in [3.63, 3.8) is 0 Å². The molecule has 10 aromatic carbocycles. The normalized spacial score (nSPS) is 12.9. The van der Waals surface area contributed by atoms with Crippen LogP contribution in [0.2, 0.25) is 0 Å². The number of rotatable bonds is 7. The van der Waals surface area contributed by atoms with E-state index in [9.17, 15) is 0 Å². The van der Waals surface area contributed by atoms with Gasteiger partial charge in [-0.2, -0.15) is 0 Å². The largest absolute Gasteiger partial charge is 0.309 e. The van der Waals surface area contributed by atoms with Crippen LogP contribution in [-0.4, -0.2) is 9.13 Å². The van der Waals surface area contributed by atoms with E-state index in [0.717, 1.165) is 17.8 Å². The van der Waals surface area contributed by atoms with Crippen LogP contribution in [0, 0.1) is 6.92 Å². The van der Waals surface area contributed by atoms with Crippen molar-refractivity contribution >= 4 is 43.6 Å². The van der Waals surface area contributed by atoms with Crippen LogP contribution in [-0.2, 0) is 11.8 Å². The maximum Gasteiger partial charge on any atom is 0.0544 e. The Balaban J connectivity index is 1.07. The Morgan fingerprint density at radius 3 is 1.64 bits per heavy atom. The van der Waals surface area contributed by atoms with E-state index in [-0.39, 0.29) is 5.41 Å². The van der Waals surface area contributed by atoms with E-state index in [1.54, 1.807) is 0 Å². The monoisotopic (exact) mass is 856 g/mol. The zero-order chi connectivity index (χ0) is 44.8. The molecule has 318 valence electrons. The lowest BCUT2D eigenvalue weighted by Crippen LogP contribution is -2.15. The number of hydrogen-bond acceptors (Lipinski definition) is 0. The first-order valence-corrected chi connectivity index (χ1v) is 23.5. The third kappa shape index (κ3) is 6.24. The van der Waals surface area contributed by atoms with Gasteiger partial charge in [0.2, 0.25) is 0 Å². The van der Waals surface area contributed by atoms with E-state index in [2.05, 4.69) is 254 Å². The molecule has 0 atom stereocenters. The van der Waals surface area contributed by atoms with Crippen molar-refractivity contribution in [3.8, 4) is 55.9 Å². The molecule has 1 aliphatic rings. The summed E-state index contributed by atoms with van der Waals surface area (Å²) in [7, 11) is 0. The first-order chi connectivity index (χ1) is 32.9. The van der Waals surface area contributed by atoms with Gasteiger partial charge in [0.1, 0.15) is 0 Å². The Kier molecular flexibility index (Phi) is 8.88. The molecule has 0 fully saturated rings. The summed E-state index contributed by atoms with van der Waals surface area (Å²) in [6.45, 7) is 7.00. The van der Waals surface area contributed by atoms with E-state index in [0.29, 0.717) is 0 Å². The summed E-state index contributed by atoms with van der Waals surface area (Å²) in [6.07, 6.45) is 0.860. The van der Waals surface area contributed by atoms with Crippen molar-refractivity contribution < 1.29 is 0 Å². The fraction of sp³-hybridized carbons (Fsp3) is 0.0769. The molecule has 0 saturated heterocycles. The third-order valence-electron chi connectivity index (χ3n) is 14.7. The molecule has 12 aromatic rings. The van der Waals surface area contributed by atoms with Gasteiger partial charge in [0, 0.05) is 38.3 Å². The Morgan fingerprint density at radius 2 is 0.910 bits per heavy atom. The highest BCUT2D eigenvalue weighted by atomic mass is 15.0. The number of aromatic nitrogens is 2. The Bertz CT molecular complexity index is 3920. The Morgan fingerprint density at radius 1 is 0.343 bits per heavy atom. The second kappa shape index (κ2) is 15.2. The van der Waals surface area contributed by atoms with Crippen molar-refractivity contribution in [2.24, 2.45) is 0 Å². The molecule has 67 heavy (non-hydrogen) atoms. The highest BCUT2D eigenvalue weighted by molar-refractivity contribution is 6.13. The van der Waals surface area contributed by atoms with Crippen LogP contribution in [0.3, 0.4) is 0 Å². The van der Waals surface area contributed by atoms with Crippen LogP contribution < -0.4 is 0 Å². The van der Waals surface area contributed by atoms with Crippen molar-refractivity contribution in [2.75, 3.05) is 0 Å². The van der Waals surface area contributed by atoms with Crippen molar-refractivity contribution in [3.05, 3.63) is 252 Å². The van der Waals surface area contributed by atoms with Gasteiger partial charge in [0.25, 0.3) is 0 Å². The number of nitrogens with zero attached hydrogens (tertiary/aromatic N) is 2. The van der Waals surface area contributed by atoms with E-state index in [1.807, 2.05) is 0 Å². The summed E-state index contributed by atoms with van der Waals surface area (Å²) in [5, 5.41) is 5.02. The lowest BCUT2D eigenvalue weighted by molar-refractivity contribution is 0.661. The average Bonchev–Trinajstić information content (AvgIpc) is 3.96. The zero-order valence-corrected chi connectivity index (χ0v) is 38.0. The maximum atomic E-state index is 2.53. The molecule has 0 radical (unpaired) electrons. The minimum absolute atomic E-state index is 0.129. The summed E-state index contributed by atoms with van der Waals surface area (Å²) in [4.78, 5) is 0. The van der Waals surface area contributed by atoms with E-state index >= 15 is 0 Å². The first-order valence-electron chi connectivity index (χ1n) is 23.5. The van der Waals surface area contributed by atoms with Crippen LogP contribution in [0.25, 0.3) is 99.5 Å². The first kappa shape index (κ1) is 39.2. The van der Waals surface area contributed by atoms with Gasteiger partial charge in [0.15, 0.2) is 0 Å². The van der Waals surface area contributed by atoms with E-state index < -0.39 is 0 Å². The summed E-state index contributed by atoms with van der Waals surface area (Å²) in [5.74, 6) is 0. The van der Waals surface area contributed by atoms with Crippen LogP contribution in [0.15, 0.2) is 224 Å². The van der Waals surface area contributed by atoms with Gasteiger partial charge in [-0.3, -0.25) is 0 Å². The molecule has 2 heteroatoms. The summed E-state index contributed by atoms with van der Waals surface area (Å²) < 4.78 is 4.93. The summed E-state index contributed by atoms with van der Waals surface area (Å²) in [6, 6.07) is 83.6. The molecule has 13 rings (SSSR count). The molecule has 0 N–H and O–H groups in total. The zero-order valence-electron chi connectivity index (χ0n) is 38.0. The minimum Gasteiger partial charge on any atom is -0.309 e. The van der Waals surface area contributed by atoms with Crippen molar-refractivity contribution in [2.45, 2.75) is 32.6 Å². The highest BCUT2D eigenvalue weighted by Gasteiger charge is 2.36. The van der Waals surface area contributed by atoms with Gasteiger partial charge in [0.05, 0.1) is 22.1 Å². The van der Waals surface area contributed by atoms with Crippen LogP contribution in [0.4, 0.5) is 0 Å². The smallest absolute Gasteiger partial charge is 0.0544 e. The van der Waals surface area contributed by atoms with Crippen molar-refractivity contribution in [1.82, 2.24) is 9.13 Å². The molecule has 0 saturated carbocycles. The Hall–Kier alpha value is -8.20. The molecule has 2 heterocycles.